The molecule has 7 nitrogen and oxygen atoms in total. The Morgan fingerprint density at radius 2 is 2.00 bits per heavy atom. The minimum Gasteiger partial charge on any atom is -0.354 e. The van der Waals surface area contributed by atoms with Crippen LogP contribution in [0.3, 0.4) is 0 Å². The molecule has 2 rings (SSSR count). The first-order valence-corrected chi connectivity index (χ1v) is 11.1. The number of thiophene rings is 1. The van der Waals surface area contributed by atoms with E-state index < -0.39 is 15.5 Å². The van der Waals surface area contributed by atoms with Crippen LogP contribution in [0.15, 0.2) is 22.5 Å². The molecule has 0 aromatic carbocycles. The average molecular weight is 569 g/mol. The van der Waals surface area contributed by atoms with Crippen LogP contribution in [0.25, 0.3) is 0 Å². The summed E-state index contributed by atoms with van der Waals surface area (Å²) >= 11 is 1.66. The molecule has 1 saturated heterocycles. The molecule has 29 heavy (non-hydrogen) atoms. The molecule has 1 unspecified atom stereocenters. The van der Waals surface area contributed by atoms with Crippen molar-refractivity contribution in [3.8, 4) is 0 Å². The molecule has 0 saturated carbocycles. The van der Waals surface area contributed by atoms with E-state index in [-0.39, 0.29) is 62.0 Å². The van der Waals surface area contributed by atoms with Crippen LogP contribution in [-0.4, -0.2) is 75.9 Å². The molecule has 0 radical (unpaired) electrons. The van der Waals surface area contributed by atoms with Crippen LogP contribution in [0.5, 0.6) is 0 Å². The molecule has 1 aliphatic heterocycles. The first-order valence-electron chi connectivity index (χ1n) is 8.79. The maximum absolute atomic E-state index is 12.7. The molecule has 1 aromatic rings. The van der Waals surface area contributed by atoms with Crippen molar-refractivity contribution >= 4 is 51.3 Å². The number of rotatable bonds is 6. The van der Waals surface area contributed by atoms with E-state index in [4.69, 9.17) is 0 Å². The van der Waals surface area contributed by atoms with E-state index in [2.05, 4.69) is 26.6 Å². The van der Waals surface area contributed by atoms with Crippen molar-refractivity contribution in [3.63, 3.8) is 0 Å². The normalized spacial score (nSPS) is 18.4. The number of guanidine groups is 1. The molecule has 0 amide bonds. The molecular weight excluding hydrogens is 542 g/mol. The van der Waals surface area contributed by atoms with Gasteiger partial charge < -0.3 is 15.5 Å². The molecule has 2 heterocycles. The van der Waals surface area contributed by atoms with Gasteiger partial charge in [0.05, 0.1) is 6.04 Å². The largest absolute Gasteiger partial charge is 0.511 e. The van der Waals surface area contributed by atoms with E-state index in [9.17, 15) is 21.6 Å². The average Bonchev–Trinajstić information content (AvgIpc) is 3.14. The fourth-order valence-electron chi connectivity index (χ4n) is 2.99. The minimum absolute atomic E-state index is 0. The number of hydrogen-bond acceptors (Lipinski definition) is 5. The quantitative estimate of drug-likeness (QED) is 0.313. The van der Waals surface area contributed by atoms with Crippen molar-refractivity contribution in [2.75, 3.05) is 40.8 Å². The van der Waals surface area contributed by atoms with Gasteiger partial charge in [0.2, 0.25) is 0 Å². The second-order valence-corrected chi connectivity index (χ2v) is 9.63. The Bertz CT molecular complexity index is 749. The number of hydrogen-bond donors (Lipinski definition) is 2. The number of alkyl halides is 3. The maximum Gasteiger partial charge on any atom is 0.511 e. The van der Waals surface area contributed by atoms with Gasteiger partial charge >= 0.3 is 15.5 Å². The van der Waals surface area contributed by atoms with Crippen molar-refractivity contribution in [2.45, 2.75) is 30.4 Å². The fourth-order valence-corrected chi connectivity index (χ4v) is 4.89. The second-order valence-electron chi connectivity index (χ2n) is 6.72. The topological polar surface area (TPSA) is 77.0 Å². The van der Waals surface area contributed by atoms with Gasteiger partial charge in [-0.1, -0.05) is 6.07 Å². The van der Waals surface area contributed by atoms with Crippen molar-refractivity contribution in [1.82, 2.24) is 19.8 Å². The lowest BCUT2D eigenvalue weighted by Crippen LogP contribution is -2.52. The summed E-state index contributed by atoms with van der Waals surface area (Å²) in [5.41, 5.74) is -5.26. The zero-order valence-electron chi connectivity index (χ0n) is 16.4. The van der Waals surface area contributed by atoms with Gasteiger partial charge in [0.1, 0.15) is 0 Å². The smallest absolute Gasteiger partial charge is 0.354 e. The highest BCUT2D eigenvalue weighted by Gasteiger charge is 2.50. The number of halogens is 4. The molecule has 168 valence electrons. The van der Waals surface area contributed by atoms with Crippen LogP contribution in [0.4, 0.5) is 13.2 Å². The fraction of sp³-hybridized carbons (Fsp3) is 0.688. The standard InChI is InChI=1S/C16H26F3N5O2S2.HI/c1-20-15(21-11-13(23(2)3)14-5-4-10-27-14)22-12-6-8-24(9-7-12)28(25,26)16(17,18)19;/h4-5,10,12-13H,6-9,11H2,1-3H3,(H2,20,21,22);1H. The third kappa shape index (κ3) is 6.94. The number of sulfonamides is 1. The van der Waals surface area contributed by atoms with Gasteiger partial charge in [0.25, 0.3) is 0 Å². The summed E-state index contributed by atoms with van der Waals surface area (Å²) in [5.74, 6) is 0.542. The Morgan fingerprint density at radius 3 is 2.45 bits per heavy atom. The lowest BCUT2D eigenvalue weighted by molar-refractivity contribution is -0.0494. The summed E-state index contributed by atoms with van der Waals surface area (Å²) in [7, 11) is 0.332. The van der Waals surface area contributed by atoms with Crippen LogP contribution in [0.1, 0.15) is 23.8 Å². The van der Waals surface area contributed by atoms with Gasteiger partial charge in [0.15, 0.2) is 5.96 Å². The Balaban J connectivity index is 0.00000420. The molecule has 2 N–H and O–H groups in total. The first-order chi connectivity index (χ1) is 13.1. The number of aliphatic imine (C=N–C) groups is 1. The summed E-state index contributed by atoms with van der Waals surface area (Å²) in [5, 5.41) is 8.44. The van der Waals surface area contributed by atoms with Crippen LogP contribution in [-0.2, 0) is 10.0 Å². The molecule has 0 bridgehead atoms. The summed E-state index contributed by atoms with van der Waals surface area (Å²) in [4.78, 5) is 7.47. The highest BCUT2D eigenvalue weighted by atomic mass is 127. The van der Waals surface area contributed by atoms with Crippen molar-refractivity contribution in [2.24, 2.45) is 4.99 Å². The molecule has 1 aromatic heterocycles. The number of likely N-dealkylation sites (N-methyl/N-ethyl adjacent to an activating group) is 1. The summed E-state index contributed by atoms with van der Waals surface area (Å²) in [6, 6.07) is 4.05. The third-order valence-electron chi connectivity index (χ3n) is 4.61. The number of nitrogens with one attached hydrogen (secondary N) is 2. The van der Waals surface area contributed by atoms with E-state index >= 15 is 0 Å². The van der Waals surface area contributed by atoms with E-state index in [1.807, 2.05) is 25.5 Å². The van der Waals surface area contributed by atoms with Crippen LogP contribution >= 0.6 is 35.3 Å². The Kier molecular flexibility index (Phi) is 10.1. The Morgan fingerprint density at radius 1 is 1.38 bits per heavy atom. The van der Waals surface area contributed by atoms with Crippen LogP contribution < -0.4 is 10.6 Å². The van der Waals surface area contributed by atoms with E-state index in [1.165, 1.54) is 4.88 Å². The van der Waals surface area contributed by atoms with Crippen molar-refractivity contribution < 1.29 is 21.6 Å². The molecule has 13 heteroatoms. The summed E-state index contributed by atoms with van der Waals surface area (Å²) < 4.78 is 61.5. The minimum atomic E-state index is -5.26. The molecule has 1 fully saturated rings. The monoisotopic (exact) mass is 569 g/mol. The summed E-state index contributed by atoms with van der Waals surface area (Å²) in [6.45, 7) is 0.256. The van der Waals surface area contributed by atoms with Gasteiger partial charge in [-0.05, 0) is 38.4 Å². The van der Waals surface area contributed by atoms with Crippen LogP contribution in [0, 0.1) is 0 Å². The predicted octanol–water partition coefficient (Wildman–Crippen LogP) is 2.45. The molecule has 0 aliphatic carbocycles. The highest BCUT2D eigenvalue weighted by molar-refractivity contribution is 14.0. The van der Waals surface area contributed by atoms with Gasteiger partial charge in [-0.3, -0.25) is 4.99 Å². The van der Waals surface area contributed by atoms with Crippen molar-refractivity contribution in [1.29, 1.82) is 0 Å². The SMILES string of the molecule is CN=C(NCC(c1cccs1)N(C)C)NC1CCN(S(=O)(=O)C(F)(F)F)CC1.I. The first kappa shape index (κ1) is 26.4. The highest BCUT2D eigenvalue weighted by Crippen LogP contribution is 2.29. The molecular formula is C16H27F3IN5O2S2. The Hall–Kier alpha value is -0.640. The van der Waals surface area contributed by atoms with Gasteiger partial charge in [0, 0.05) is 37.6 Å². The van der Waals surface area contributed by atoms with Gasteiger partial charge in [-0.25, -0.2) is 8.42 Å². The van der Waals surface area contributed by atoms with Crippen molar-refractivity contribution in [3.05, 3.63) is 22.4 Å². The van der Waals surface area contributed by atoms with Gasteiger partial charge in [-0.15, -0.1) is 35.3 Å². The Labute approximate surface area is 190 Å². The van der Waals surface area contributed by atoms with Gasteiger partial charge in [-0.2, -0.15) is 17.5 Å². The third-order valence-corrected chi connectivity index (χ3v) is 7.21. The van der Waals surface area contributed by atoms with E-state index in [0.717, 1.165) is 0 Å². The molecule has 0 spiro atoms. The number of nitrogens with zero attached hydrogens (tertiary/aromatic N) is 3. The van der Waals surface area contributed by atoms with Crippen LogP contribution in [0.2, 0.25) is 0 Å². The zero-order chi connectivity index (χ0) is 20.9. The molecule has 1 atom stereocenters. The maximum atomic E-state index is 12.7. The lowest BCUT2D eigenvalue weighted by Gasteiger charge is -2.33. The number of piperidine rings is 1. The summed E-state index contributed by atoms with van der Waals surface area (Å²) in [6.07, 6.45) is 0.552. The zero-order valence-corrected chi connectivity index (χ0v) is 20.4. The lowest BCUT2D eigenvalue weighted by atomic mass is 10.1. The molecule has 1 aliphatic rings. The van der Waals surface area contributed by atoms with E-state index in [1.54, 1.807) is 18.4 Å². The van der Waals surface area contributed by atoms with E-state index in [0.29, 0.717) is 16.8 Å². The predicted molar refractivity (Wildman–Crippen MR) is 120 cm³/mol. The second kappa shape index (κ2) is 11.1.